The van der Waals surface area contributed by atoms with Gasteiger partial charge in [-0.3, -0.25) is 0 Å². The third-order valence-electron chi connectivity index (χ3n) is 5.79. The first-order valence-electron chi connectivity index (χ1n) is 9.62. The SMILES string of the molecule is CNC1(CNC(=O)Nc2ccc(C3CCOCC3)cc2)CCCCC1. The first-order chi connectivity index (χ1) is 12.2. The van der Waals surface area contributed by atoms with Crippen LogP contribution in [0, 0.1) is 0 Å². The van der Waals surface area contributed by atoms with Gasteiger partial charge in [0, 0.05) is 31.0 Å². The van der Waals surface area contributed by atoms with Crippen LogP contribution >= 0.6 is 0 Å². The van der Waals surface area contributed by atoms with E-state index in [4.69, 9.17) is 4.74 Å². The second-order valence-corrected chi connectivity index (χ2v) is 7.41. The molecule has 1 aliphatic carbocycles. The second-order valence-electron chi connectivity index (χ2n) is 7.41. The molecule has 1 aromatic rings. The molecule has 0 spiro atoms. The lowest BCUT2D eigenvalue weighted by molar-refractivity contribution is 0.0853. The lowest BCUT2D eigenvalue weighted by Crippen LogP contribution is -2.53. The highest BCUT2D eigenvalue weighted by Gasteiger charge is 2.30. The molecule has 3 N–H and O–H groups in total. The van der Waals surface area contributed by atoms with E-state index in [1.54, 1.807) is 0 Å². The normalized spacial score (nSPS) is 20.8. The van der Waals surface area contributed by atoms with E-state index in [1.165, 1.54) is 24.8 Å². The number of anilines is 1. The fourth-order valence-electron chi connectivity index (χ4n) is 4.04. The number of urea groups is 1. The highest BCUT2D eigenvalue weighted by atomic mass is 16.5. The number of hydrogen-bond acceptors (Lipinski definition) is 3. The van der Waals surface area contributed by atoms with Crippen molar-refractivity contribution in [2.45, 2.75) is 56.4 Å². The van der Waals surface area contributed by atoms with Crippen molar-refractivity contribution in [3.05, 3.63) is 29.8 Å². The van der Waals surface area contributed by atoms with E-state index in [0.717, 1.165) is 44.6 Å². The van der Waals surface area contributed by atoms with Crippen molar-refractivity contribution in [3.8, 4) is 0 Å². The molecule has 1 saturated carbocycles. The van der Waals surface area contributed by atoms with Crippen molar-refractivity contribution in [2.75, 3.05) is 32.1 Å². The van der Waals surface area contributed by atoms with Crippen LogP contribution in [0.4, 0.5) is 10.5 Å². The van der Waals surface area contributed by atoms with Gasteiger partial charge in [0.1, 0.15) is 0 Å². The molecule has 3 rings (SSSR count). The lowest BCUT2D eigenvalue weighted by Gasteiger charge is -2.37. The fraction of sp³-hybridized carbons (Fsp3) is 0.650. The first kappa shape index (κ1) is 18.2. The number of carbonyl (C=O) groups is 1. The Labute approximate surface area is 150 Å². The molecular formula is C20H31N3O2. The van der Waals surface area contributed by atoms with Crippen LogP contribution in [-0.4, -0.2) is 38.4 Å². The standard InChI is InChI=1S/C20H31N3O2/c1-21-20(11-3-2-4-12-20)15-22-19(24)23-18-7-5-16(6-8-18)17-9-13-25-14-10-17/h5-8,17,21H,2-4,9-15H2,1H3,(H2,22,23,24). The van der Waals surface area contributed by atoms with Gasteiger partial charge in [0.2, 0.25) is 0 Å². The van der Waals surface area contributed by atoms with Crippen molar-refractivity contribution >= 4 is 11.7 Å². The molecule has 138 valence electrons. The molecule has 0 aromatic heterocycles. The van der Waals surface area contributed by atoms with Crippen molar-refractivity contribution in [3.63, 3.8) is 0 Å². The average Bonchev–Trinajstić information content (AvgIpc) is 2.68. The van der Waals surface area contributed by atoms with Crippen molar-refractivity contribution in [1.29, 1.82) is 0 Å². The lowest BCUT2D eigenvalue weighted by atomic mass is 9.82. The smallest absolute Gasteiger partial charge is 0.319 e. The first-order valence-corrected chi connectivity index (χ1v) is 9.62. The number of benzene rings is 1. The van der Waals surface area contributed by atoms with E-state index < -0.39 is 0 Å². The maximum atomic E-state index is 12.2. The molecule has 1 aromatic carbocycles. The molecule has 2 aliphatic rings. The van der Waals surface area contributed by atoms with Crippen LogP contribution in [0.1, 0.15) is 56.4 Å². The molecule has 0 atom stereocenters. The van der Waals surface area contributed by atoms with E-state index in [1.807, 2.05) is 19.2 Å². The molecule has 1 heterocycles. The van der Waals surface area contributed by atoms with Crippen LogP contribution in [0.25, 0.3) is 0 Å². The molecule has 0 unspecified atom stereocenters. The molecule has 1 aliphatic heterocycles. The Bertz CT molecular complexity index is 547. The third-order valence-corrected chi connectivity index (χ3v) is 5.79. The predicted molar refractivity (Wildman–Crippen MR) is 101 cm³/mol. The van der Waals surface area contributed by atoms with Gasteiger partial charge in [-0.25, -0.2) is 4.79 Å². The predicted octanol–water partition coefficient (Wildman–Crippen LogP) is 3.62. The van der Waals surface area contributed by atoms with Crippen LogP contribution in [0.3, 0.4) is 0 Å². The Morgan fingerprint density at radius 1 is 1.12 bits per heavy atom. The summed E-state index contributed by atoms with van der Waals surface area (Å²) in [4.78, 5) is 12.2. The average molecular weight is 345 g/mol. The van der Waals surface area contributed by atoms with Crippen LogP contribution < -0.4 is 16.0 Å². The van der Waals surface area contributed by atoms with Gasteiger partial charge in [-0.2, -0.15) is 0 Å². The van der Waals surface area contributed by atoms with Crippen molar-refractivity contribution < 1.29 is 9.53 Å². The van der Waals surface area contributed by atoms with Gasteiger partial charge < -0.3 is 20.7 Å². The van der Waals surface area contributed by atoms with Crippen LogP contribution in [-0.2, 0) is 4.74 Å². The summed E-state index contributed by atoms with van der Waals surface area (Å²) in [6.07, 6.45) is 8.19. The van der Waals surface area contributed by atoms with E-state index in [0.29, 0.717) is 12.5 Å². The third kappa shape index (κ3) is 4.95. The maximum absolute atomic E-state index is 12.2. The molecule has 0 radical (unpaired) electrons. The minimum Gasteiger partial charge on any atom is -0.381 e. The maximum Gasteiger partial charge on any atom is 0.319 e. The van der Waals surface area contributed by atoms with Gasteiger partial charge in [0.05, 0.1) is 0 Å². The monoisotopic (exact) mass is 345 g/mol. The summed E-state index contributed by atoms with van der Waals surface area (Å²) < 4.78 is 5.42. The number of amides is 2. The molecule has 1 saturated heterocycles. The molecule has 2 fully saturated rings. The highest BCUT2D eigenvalue weighted by molar-refractivity contribution is 5.89. The van der Waals surface area contributed by atoms with Gasteiger partial charge >= 0.3 is 6.03 Å². The van der Waals surface area contributed by atoms with Gasteiger partial charge in [-0.15, -0.1) is 0 Å². The Hall–Kier alpha value is -1.59. The highest BCUT2D eigenvalue weighted by Crippen LogP contribution is 2.28. The largest absolute Gasteiger partial charge is 0.381 e. The molecule has 0 bridgehead atoms. The zero-order chi connectivity index (χ0) is 17.5. The Morgan fingerprint density at radius 3 is 2.44 bits per heavy atom. The Morgan fingerprint density at radius 2 is 1.80 bits per heavy atom. The number of rotatable bonds is 5. The fourth-order valence-corrected chi connectivity index (χ4v) is 4.04. The second kappa shape index (κ2) is 8.68. The molecule has 2 amide bonds. The number of hydrogen-bond donors (Lipinski definition) is 3. The molecule has 25 heavy (non-hydrogen) atoms. The van der Waals surface area contributed by atoms with Gasteiger partial charge in [-0.1, -0.05) is 31.4 Å². The minimum atomic E-state index is -0.126. The van der Waals surface area contributed by atoms with Crippen molar-refractivity contribution in [1.82, 2.24) is 10.6 Å². The minimum absolute atomic E-state index is 0.0580. The topological polar surface area (TPSA) is 62.4 Å². The zero-order valence-corrected chi connectivity index (χ0v) is 15.3. The Balaban J connectivity index is 1.49. The summed E-state index contributed by atoms with van der Waals surface area (Å²) in [7, 11) is 2.00. The Kier molecular flexibility index (Phi) is 6.32. The molecular weight excluding hydrogens is 314 g/mol. The summed E-state index contributed by atoms with van der Waals surface area (Å²) in [6, 6.07) is 8.13. The summed E-state index contributed by atoms with van der Waals surface area (Å²) in [5, 5.41) is 9.42. The zero-order valence-electron chi connectivity index (χ0n) is 15.3. The van der Waals surface area contributed by atoms with Gasteiger partial charge in [0.15, 0.2) is 0 Å². The molecule has 5 nitrogen and oxygen atoms in total. The number of carbonyl (C=O) groups excluding carboxylic acids is 1. The van der Waals surface area contributed by atoms with Gasteiger partial charge in [0.25, 0.3) is 0 Å². The number of ether oxygens (including phenoxy) is 1. The van der Waals surface area contributed by atoms with E-state index in [9.17, 15) is 4.79 Å². The van der Waals surface area contributed by atoms with Gasteiger partial charge in [-0.05, 0) is 56.3 Å². The van der Waals surface area contributed by atoms with Crippen LogP contribution in [0.15, 0.2) is 24.3 Å². The summed E-state index contributed by atoms with van der Waals surface area (Å²) in [5.74, 6) is 0.582. The quantitative estimate of drug-likeness (QED) is 0.764. The van der Waals surface area contributed by atoms with E-state index in [2.05, 4.69) is 28.1 Å². The molecule has 5 heteroatoms. The summed E-state index contributed by atoms with van der Waals surface area (Å²) >= 11 is 0. The summed E-state index contributed by atoms with van der Waals surface area (Å²) in [6.45, 7) is 2.37. The number of likely N-dealkylation sites (N-methyl/N-ethyl adjacent to an activating group) is 1. The van der Waals surface area contributed by atoms with E-state index in [-0.39, 0.29) is 11.6 Å². The van der Waals surface area contributed by atoms with E-state index >= 15 is 0 Å². The van der Waals surface area contributed by atoms with Crippen LogP contribution in [0.2, 0.25) is 0 Å². The van der Waals surface area contributed by atoms with Crippen LogP contribution in [0.5, 0.6) is 0 Å². The van der Waals surface area contributed by atoms with Crippen molar-refractivity contribution in [2.24, 2.45) is 0 Å². The number of nitrogens with one attached hydrogen (secondary N) is 3. The summed E-state index contributed by atoms with van der Waals surface area (Å²) in [5.41, 5.74) is 2.24.